The molecule has 0 aromatic carbocycles. The highest BCUT2D eigenvalue weighted by Gasteiger charge is 2.15. The lowest BCUT2D eigenvalue weighted by atomic mass is 10.1. The van der Waals surface area contributed by atoms with Crippen molar-refractivity contribution >= 4 is 0 Å². The minimum absolute atomic E-state index is 0.417. The molecule has 2 heterocycles. The minimum atomic E-state index is 0.417. The summed E-state index contributed by atoms with van der Waals surface area (Å²) in [6.45, 7) is 1.12. The lowest BCUT2D eigenvalue weighted by Crippen LogP contribution is -2.22. The van der Waals surface area contributed by atoms with Crippen molar-refractivity contribution in [3.05, 3.63) is 36.5 Å². The summed E-state index contributed by atoms with van der Waals surface area (Å²) < 4.78 is 0. The monoisotopic (exact) mass is 160 g/mol. The van der Waals surface area contributed by atoms with Gasteiger partial charge in [0, 0.05) is 12.2 Å². The van der Waals surface area contributed by atoms with Gasteiger partial charge in [0.05, 0.1) is 12.1 Å². The number of hydrogen-bond acceptors (Lipinski definition) is 2. The molecule has 0 saturated carbocycles. The molecule has 62 valence electrons. The molecular formula is C10H12N2. The van der Waals surface area contributed by atoms with Gasteiger partial charge in [-0.3, -0.25) is 4.98 Å². The van der Waals surface area contributed by atoms with Gasteiger partial charge in [-0.05, 0) is 31.5 Å². The maximum Gasteiger partial charge on any atom is 0.0553 e. The Bertz CT molecular complexity index is 227. The molecule has 12 heavy (non-hydrogen) atoms. The van der Waals surface area contributed by atoms with Gasteiger partial charge in [0.15, 0.2) is 0 Å². The molecule has 2 nitrogen and oxygen atoms in total. The van der Waals surface area contributed by atoms with E-state index < -0.39 is 0 Å². The van der Waals surface area contributed by atoms with E-state index in [0.717, 1.165) is 12.2 Å². The third-order valence-electron chi connectivity index (χ3n) is 2.05. The van der Waals surface area contributed by atoms with Crippen molar-refractivity contribution in [2.24, 2.45) is 0 Å². The lowest BCUT2D eigenvalue weighted by molar-refractivity contribution is 0.688. The zero-order valence-corrected chi connectivity index (χ0v) is 6.96. The minimum Gasteiger partial charge on any atom is -0.313 e. The fourth-order valence-corrected chi connectivity index (χ4v) is 1.43. The molecule has 0 spiro atoms. The van der Waals surface area contributed by atoms with Crippen LogP contribution in [-0.4, -0.2) is 17.6 Å². The Morgan fingerprint density at radius 1 is 1.50 bits per heavy atom. The topological polar surface area (TPSA) is 24.9 Å². The molecule has 1 aliphatic heterocycles. The first-order chi connectivity index (χ1) is 5.95. The summed E-state index contributed by atoms with van der Waals surface area (Å²) >= 11 is 0. The second-order valence-electron chi connectivity index (χ2n) is 3.01. The molecule has 1 aliphatic rings. The maximum absolute atomic E-state index is 4.19. The molecule has 2 radical (unpaired) electrons. The average molecular weight is 160 g/mol. The van der Waals surface area contributed by atoms with Crippen LogP contribution in [0.4, 0.5) is 0 Å². The molecule has 0 aliphatic carbocycles. The summed E-state index contributed by atoms with van der Waals surface area (Å²) in [6.07, 6.45) is 7.57. The van der Waals surface area contributed by atoms with E-state index in [1.54, 1.807) is 6.20 Å². The number of pyridine rings is 1. The molecule has 2 rings (SSSR count). The molecule has 1 aromatic heterocycles. The van der Waals surface area contributed by atoms with Crippen LogP contribution in [0.15, 0.2) is 24.4 Å². The van der Waals surface area contributed by atoms with Gasteiger partial charge in [-0.1, -0.05) is 6.07 Å². The van der Waals surface area contributed by atoms with Crippen LogP contribution in [0.3, 0.4) is 0 Å². The Hall–Kier alpha value is -0.890. The summed E-state index contributed by atoms with van der Waals surface area (Å²) in [5, 5.41) is 3.35. The first-order valence-electron chi connectivity index (χ1n) is 4.36. The van der Waals surface area contributed by atoms with Crippen molar-refractivity contribution < 1.29 is 0 Å². The Kier molecular flexibility index (Phi) is 2.37. The molecule has 1 atom stereocenters. The van der Waals surface area contributed by atoms with Gasteiger partial charge in [0.2, 0.25) is 0 Å². The van der Waals surface area contributed by atoms with E-state index in [9.17, 15) is 0 Å². The maximum atomic E-state index is 4.19. The van der Waals surface area contributed by atoms with E-state index in [1.165, 1.54) is 12.8 Å². The van der Waals surface area contributed by atoms with Gasteiger partial charge < -0.3 is 5.32 Å². The highest BCUT2D eigenvalue weighted by atomic mass is 14.9. The van der Waals surface area contributed by atoms with Crippen molar-refractivity contribution in [1.29, 1.82) is 0 Å². The van der Waals surface area contributed by atoms with Crippen LogP contribution in [0.5, 0.6) is 0 Å². The largest absolute Gasteiger partial charge is 0.313 e. The smallest absolute Gasteiger partial charge is 0.0553 e. The van der Waals surface area contributed by atoms with E-state index in [0.29, 0.717) is 6.04 Å². The van der Waals surface area contributed by atoms with Gasteiger partial charge >= 0.3 is 0 Å². The Morgan fingerprint density at radius 2 is 2.50 bits per heavy atom. The predicted molar refractivity (Wildman–Crippen MR) is 47.6 cm³/mol. The summed E-state index contributed by atoms with van der Waals surface area (Å²) in [5.74, 6) is 0. The zero-order valence-electron chi connectivity index (χ0n) is 6.96. The normalized spacial score (nSPS) is 22.8. The van der Waals surface area contributed by atoms with Crippen molar-refractivity contribution in [2.75, 3.05) is 6.54 Å². The van der Waals surface area contributed by atoms with Crippen molar-refractivity contribution in [2.45, 2.75) is 18.9 Å². The van der Waals surface area contributed by atoms with Crippen LogP contribution in [-0.2, 0) is 0 Å². The molecule has 1 aromatic rings. The molecule has 1 N–H and O–H groups in total. The van der Waals surface area contributed by atoms with Gasteiger partial charge in [-0.25, -0.2) is 0 Å². The summed E-state index contributed by atoms with van der Waals surface area (Å²) in [5.41, 5.74) is 0.955. The van der Waals surface area contributed by atoms with E-state index in [-0.39, 0.29) is 0 Å². The number of aromatic nitrogens is 1. The number of hydrogen-bond donors (Lipinski definition) is 1. The Morgan fingerprint density at radius 3 is 3.17 bits per heavy atom. The fourth-order valence-electron chi connectivity index (χ4n) is 1.43. The molecular weight excluding hydrogens is 148 g/mol. The van der Waals surface area contributed by atoms with Crippen LogP contribution < -0.4 is 5.32 Å². The second-order valence-corrected chi connectivity index (χ2v) is 3.01. The van der Waals surface area contributed by atoms with Crippen LogP contribution in [0.2, 0.25) is 0 Å². The molecule has 2 heteroatoms. The number of rotatable bonds is 2. The third-order valence-corrected chi connectivity index (χ3v) is 2.05. The zero-order chi connectivity index (χ0) is 8.23. The van der Waals surface area contributed by atoms with Crippen molar-refractivity contribution in [1.82, 2.24) is 10.3 Å². The molecule has 1 fully saturated rings. The summed E-state index contributed by atoms with van der Waals surface area (Å²) in [6, 6.07) is 6.32. The molecule has 0 amide bonds. The van der Waals surface area contributed by atoms with Gasteiger partial charge in [-0.15, -0.1) is 0 Å². The quantitative estimate of drug-likeness (QED) is 0.704. The van der Waals surface area contributed by atoms with Gasteiger partial charge in [0.25, 0.3) is 0 Å². The van der Waals surface area contributed by atoms with E-state index in [4.69, 9.17) is 0 Å². The second kappa shape index (κ2) is 3.68. The van der Waals surface area contributed by atoms with Crippen LogP contribution in [0, 0.1) is 6.42 Å². The molecule has 1 unspecified atom stereocenters. The summed E-state index contributed by atoms with van der Waals surface area (Å²) in [7, 11) is 0. The predicted octanol–water partition coefficient (Wildman–Crippen LogP) is 1.26. The van der Waals surface area contributed by atoms with Crippen LogP contribution in [0.1, 0.15) is 18.5 Å². The van der Waals surface area contributed by atoms with Gasteiger partial charge in [0.1, 0.15) is 0 Å². The van der Waals surface area contributed by atoms with Gasteiger partial charge in [-0.2, -0.15) is 0 Å². The summed E-state index contributed by atoms with van der Waals surface area (Å²) in [4.78, 5) is 4.19. The van der Waals surface area contributed by atoms with Crippen LogP contribution >= 0.6 is 0 Å². The van der Waals surface area contributed by atoms with E-state index in [2.05, 4.69) is 16.7 Å². The Labute approximate surface area is 73.0 Å². The number of nitrogens with zero attached hydrogens (tertiary/aromatic N) is 1. The molecule has 1 saturated heterocycles. The van der Waals surface area contributed by atoms with Crippen molar-refractivity contribution in [3.8, 4) is 0 Å². The standard InChI is InChI=1S/C10H12N2/c1-2-6-11-9(4-1)8-10-5-3-7-12-10/h1-2,4,6,10,12H,3,5,7H2. The molecule has 0 bridgehead atoms. The first kappa shape index (κ1) is 7.74. The average Bonchev–Trinajstić information content (AvgIpc) is 2.59. The van der Waals surface area contributed by atoms with E-state index in [1.807, 2.05) is 18.2 Å². The third kappa shape index (κ3) is 1.83. The van der Waals surface area contributed by atoms with E-state index >= 15 is 0 Å². The highest BCUT2D eigenvalue weighted by Crippen LogP contribution is 2.11. The SMILES string of the molecule is [C](c1ccccn1)C1CCCN1. The number of nitrogens with one attached hydrogen (secondary N) is 1. The lowest BCUT2D eigenvalue weighted by Gasteiger charge is -2.06. The highest BCUT2D eigenvalue weighted by molar-refractivity contribution is 5.16. The fraction of sp³-hybridized carbons (Fsp3) is 0.400. The van der Waals surface area contributed by atoms with Crippen molar-refractivity contribution in [3.63, 3.8) is 0 Å². The Balaban J connectivity index is 1.94. The van der Waals surface area contributed by atoms with Crippen LogP contribution in [0.25, 0.3) is 0 Å². The first-order valence-corrected chi connectivity index (χ1v) is 4.36.